The average Bonchev–Trinajstić information content (AvgIpc) is 2.67. The number of rotatable bonds is 5. The van der Waals surface area contributed by atoms with Crippen LogP contribution in [0.3, 0.4) is 0 Å². The molecule has 0 saturated carbocycles. The number of hydrogen-bond acceptors (Lipinski definition) is 9. The molecule has 1 fully saturated rings. The van der Waals surface area contributed by atoms with Crippen LogP contribution in [0.1, 0.15) is 11.1 Å². The SMILES string of the molecule is OC[C@@H]1O[C@H](Oc2ccc(C=Cc3cc(O)cc(O)c3)cc2O)[C@@H](O)[C@H](O)[C@H]1O. The quantitative estimate of drug-likeness (QED) is 0.343. The molecule has 1 saturated heterocycles. The van der Waals surface area contributed by atoms with Crippen LogP contribution in [0.15, 0.2) is 36.4 Å². The minimum Gasteiger partial charge on any atom is -0.508 e. The molecule has 0 aromatic heterocycles. The monoisotopic (exact) mass is 406 g/mol. The van der Waals surface area contributed by atoms with Gasteiger partial charge in [0.2, 0.25) is 6.29 Å². The van der Waals surface area contributed by atoms with Crippen molar-refractivity contribution >= 4 is 12.2 Å². The van der Waals surface area contributed by atoms with E-state index in [1.165, 1.54) is 30.3 Å². The van der Waals surface area contributed by atoms with Gasteiger partial charge in [-0.1, -0.05) is 18.2 Å². The Kier molecular flexibility index (Phi) is 6.26. The second kappa shape index (κ2) is 8.68. The lowest BCUT2D eigenvalue weighted by molar-refractivity contribution is -0.277. The van der Waals surface area contributed by atoms with Crippen LogP contribution in [0.4, 0.5) is 0 Å². The predicted octanol–water partition coefficient (Wildman–Crippen LogP) is 0.152. The van der Waals surface area contributed by atoms with Crippen LogP contribution in [0.2, 0.25) is 0 Å². The summed E-state index contributed by atoms with van der Waals surface area (Å²) in [5.74, 6) is -0.490. The van der Waals surface area contributed by atoms with E-state index in [0.717, 1.165) is 0 Å². The van der Waals surface area contributed by atoms with E-state index in [4.69, 9.17) is 9.47 Å². The van der Waals surface area contributed by atoms with Gasteiger partial charge < -0.3 is 45.2 Å². The summed E-state index contributed by atoms with van der Waals surface area (Å²) < 4.78 is 10.6. The number of benzene rings is 2. The number of phenolic OH excluding ortho intramolecular Hbond substituents is 3. The molecule has 1 aliphatic heterocycles. The van der Waals surface area contributed by atoms with Gasteiger partial charge in [-0.3, -0.25) is 0 Å². The molecule has 2 aromatic carbocycles. The molecule has 0 spiro atoms. The van der Waals surface area contributed by atoms with Crippen LogP contribution in [-0.2, 0) is 4.74 Å². The number of ether oxygens (including phenoxy) is 2. The molecule has 3 rings (SSSR count). The Labute approximate surface area is 165 Å². The van der Waals surface area contributed by atoms with Gasteiger partial charge in [-0.15, -0.1) is 0 Å². The summed E-state index contributed by atoms with van der Waals surface area (Å²) in [6.45, 7) is -0.592. The van der Waals surface area contributed by atoms with Gasteiger partial charge in [-0.05, 0) is 35.4 Å². The van der Waals surface area contributed by atoms with E-state index in [0.29, 0.717) is 11.1 Å². The van der Waals surface area contributed by atoms with Crippen molar-refractivity contribution in [2.75, 3.05) is 6.61 Å². The molecule has 0 bridgehead atoms. The Morgan fingerprint density at radius 2 is 1.48 bits per heavy atom. The average molecular weight is 406 g/mol. The molecule has 5 atom stereocenters. The van der Waals surface area contributed by atoms with E-state index in [1.807, 2.05) is 0 Å². The lowest BCUT2D eigenvalue weighted by atomic mass is 9.99. The fourth-order valence-corrected chi connectivity index (χ4v) is 2.93. The minimum absolute atomic E-state index is 0.0403. The summed E-state index contributed by atoms with van der Waals surface area (Å²) in [6, 6.07) is 8.49. The molecule has 0 amide bonds. The standard InChI is InChI=1S/C20H22O9/c21-9-16-17(25)18(26)19(27)20(29-16)28-15-4-3-10(7-14(15)24)1-2-11-5-12(22)8-13(23)6-11/h1-8,16-27H,9H2/t16-,17-,18+,19-,20-/m0/s1. The molecule has 9 nitrogen and oxygen atoms in total. The van der Waals surface area contributed by atoms with Crippen molar-refractivity contribution in [2.45, 2.75) is 30.7 Å². The van der Waals surface area contributed by atoms with Gasteiger partial charge in [-0.25, -0.2) is 0 Å². The van der Waals surface area contributed by atoms with Gasteiger partial charge in [0.05, 0.1) is 6.61 Å². The fraction of sp³-hybridized carbons (Fsp3) is 0.300. The number of hydrogen-bond donors (Lipinski definition) is 7. The van der Waals surface area contributed by atoms with Crippen molar-refractivity contribution in [3.8, 4) is 23.0 Å². The Balaban J connectivity index is 1.73. The van der Waals surface area contributed by atoms with Crippen LogP contribution in [0, 0.1) is 0 Å². The first-order valence-corrected chi connectivity index (χ1v) is 8.80. The number of phenols is 3. The maximum atomic E-state index is 10.2. The maximum Gasteiger partial charge on any atom is 0.229 e. The van der Waals surface area contributed by atoms with Crippen LogP contribution >= 0.6 is 0 Å². The van der Waals surface area contributed by atoms with E-state index < -0.39 is 37.3 Å². The molecule has 0 unspecified atom stereocenters. The van der Waals surface area contributed by atoms with Crippen LogP contribution < -0.4 is 4.74 Å². The highest BCUT2D eigenvalue weighted by atomic mass is 16.7. The molecule has 1 heterocycles. The van der Waals surface area contributed by atoms with Crippen molar-refractivity contribution in [1.82, 2.24) is 0 Å². The molecule has 29 heavy (non-hydrogen) atoms. The largest absolute Gasteiger partial charge is 0.508 e. The molecule has 1 aliphatic rings. The zero-order valence-corrected chi connectivity index (χ0v) is 15.2. The lowest BCUT2D eigenvalue weighted by Crippen LogP contribution is -2.60. The minimum atomic E-state index is -1.59. The Hall–Kier alpha value is -2.82. The molecule has 0 aliphatic carbocycles. The van der Waals surface area contributed by atoms with Gasteiger partial charge in [-0.2, -0.15) is 0 Å². The second-order valence-electron chi connectivity index (χ2n) is 6.66. The number of aromatic hydroxyl groups is 3. The zero-order chi connectivity index (χ0) is 21.1. The van der Waals surface area contributed by atoms with E-state index in [2.05, 4.69) is 0 Å². The van der Waals surface area contributed by atoms with Crippen LogP contribution in [0.5, 0.6) is 23.0 Å². The van der Waals surface area contributed by atoms with Gasteiger partial charge in [0, 0.05) is 6.07 Å². The topological polar surface area (TPSA) is 160 Å². The Bertz CT molecular complexity index is 860. The van der Waals surface area contributed by atoms with Crippen molar-refractivity contribution in [3.05, 3.63) is 47.5 Å². The summed E-state index contributed by atoms with van der Waals surface area (Å²) in [5.41, 5.74) is 1.12. The van der Waals surface area contributed by atoms with E-state index in [1.54, 1.807) is 18.2 Å². The van der Waals surface area contributed by atoms with Crippen LogP contribution in [0.25, 0.3) is 12.2 Å². The van der Waals surface area contributed by atoms with Gasteiger partial charge in [0.1, 0.15) is 35.9 Å². The molecular weight excluding hydrogens is 384 g/mol. The fourth-order valence-electron chi connectivity index (χ4n) is 2.93. The zero-order valence-electron chi connectivity index (χ0n) is 15.2. The molecular formula is C20H22O9. The van der Waals surface area contributed by atoms with E-state index >= 15 is 0 Å². The first kappa shape index (κ1) is 20.9. The molecule has 9 heteroatoms. The van der Waals surface area contributed by atoms with Gasteiger partial charge in [0.25, 0.3) is 0 Å². The summed E-state index contributed by atoms with van der Waals surface area (Å²) in [7, 11) is 0. The molecule has 7 N–H and O–H groups in total. The summed E-state index contributed by atoms with van der Waals surface area (Å²) in [6.07, 6.45) is -3.97. The van der Waals surface area contributed by atoms with Crippen molar-refractivity contribution < 1.29 is 45.2 Å². The summed E-state index contributed by atoms with van der Waals surface area (Å²) in [5, 5.41) is 68.0. The molecule has 156 valence electrons. The normalized spacial score (nSPS) is 27.2. The van der Waals surface area contributed by atoms with E-state index in [9.17, 15) is 35.7 Å². The Morgan fingerprint density at radius 1 is 0.828 bits per heavy atom. The Morgan fingerprint density at radius 3 is 2.10 bits per heavy atom. The third-order valence-corrected chi connectivity index (χ3v) is 4.47. The van der Waals surface area contributed by atoms with Crippen molar-refractivity contribution in [3.63, 3.8) is 0 Å². The molecule has 2 aromatic rings. The second-order valence-corrected chi connectivity index (χ2v) is 6.66. The van der Waals surface area contributed by atoms with E-state index in [-0.39, 0.29) is 23.0 Å². The smallest absolute Gasteiger partial charge is 0.229 e. The highest BCUT2D eigenvalue weighted by Gasteiger charge is 2.44. The summed E-state index contributed by atoms with van der Waals surface area (Å²) >= 11 is 0. The first-order valence-electron chi connectivity index (χ1n) is 8.80. The van der Waals surface area contributed by atoms with Crippen molar-refractivity contribution in [1.29, 1.82) is 0 Å². The van der Waals surface area contributed by atoms with Gasteiger partial charge in [0.15, 0.2) is 11.5 Å². The highest BCUT2D eigenvalue weighted by molar-refractivity contribution is 5.72. The highest BCUT2D eigenvalue weighted by Crippen LogP contribution is 2.32. The van der Waals surface area contributed by atoms with Gasteiger partial charge >= 0.3 is 0 Å². The van der Waals surface area contributed by atoms with Crippen LogP contribution in [-0.4, -0.2) is 73.1 Å². The number of aliphatic hydroxyl groups is 4. The predicted molar refractivity (Wildman–Crippen MR) is 101 cm³/mol. The molecule has 0 radical (unpaired) electrons. The first-order chi connectivity index (χ1) is 13.8. The third-order valence-electron chi connectivity index (χ3n) is 4.47. The van der Waals surface area contributed by atoms with Crippen molar-refractivity contribution in [2.24, 2.45) is 0 Å². The number of aliphatic hydroxyl groups excluding tert-OH is 4. The summed E-state index contributed by atoms with van der Waals surface area (Å²) in [4.78, 5) is 0. The lowest BCUT2D eigenvalue weighted by Gasteiger charge is -2.39. The maximum absolute atomic E-state index is 10.2. The third kappa shape index (κ3) is 4.78.